The molecule has 0 unspecified atom stereocenters. The second kappa shape index (κ2) is 1.91. The molecule has 1 heterocycles. The Morgan fingerprint density at radius 2 is 2.25 bits per heavy atom. The van der Waals surface area contributed by atoms with E-state index in [1.807, 2.05) is 0 Å². The summed E-state index contributed by atoms with van der Waals surface area (Å²) in [6, 6.07) is 0. The molecule has 0 aliphatic rings. The van der Waals surface area contributed by atoms with Crippen LogP contribution in [0.1, 0.15) is 0 Å². The second-order valence-corrected chi connectivity index (χ2v) is 1.95. The lowest BCUT2D eigenvalue weighted by Crippen LogP contribution is -1.95. The number of hydrogen-bond acceptors (Lipinski definition) is 4. The van der Waals surface area contributed by atoms with Crippen LogP contribution < -0.4 is 0 Å². The van der Waals surface area contributed by atoms with Crippen molar-refractivity contribution in [1.82, 2.24) is 14.4 Å². The number of hydrogen-bond donors (Lipinski definition) is 1. The predicted octanol–water partition coefficient (Wildman–Crippen LogP) is -1.35. The molecule has 1 rings (SSSR count). The summed E-state index contributed by atoms with van der Waals surface area (Å²) in [5.74, 6) is 0. The van der Waals surface area contributed by atoms with E-state index in [9.17, 15) is 8.42 Å². The van der Waals surface area contributed by atoms with Gasteiger partial charge < -0.3 is 0 Å². The summed E-state index contributed by atoms with van der Waals surface area (Å²) in [7, 11) is -2.62. The molecule has 0 aliphatic heterocycles. The van der Waals surface area contributed by atoms with Gasteiger partial charge in [-0.3, -0.25) is 0 Å². The van der Waals surface area contributed by atoms with Crippen LogP contribution in [0.5, 0.6) is 0 Å². The Morgan fingerprint density at radius 1 is 1.50 bits per heavy atom. The molecule has 5 nitrogen and oxygen atoms in total. The summed E-state index contributed by atoms with van der Waals surface area (Å²) in [4.78, 5) is 0. The van der Waals surface area contributed by atoms with E-state index < -0.39 is 10.9 Å². The van der Waals surface area contributed by atoms with Gasteiger partial charge in [-0.05, 0) is 0 Å². The maximum atomic E-state index is 9.96. The molecule has 0 saturated carbocycles. The van der Waals surface area contributed by atoms with Crippen LogP contribution in [0.3, 0.4) is 0 Å². The minimum Gasteiger partial charge on any atom is -0.208 e. The van der Waals surface area contributed by atoms with E-state index in [2.05, 4.69) is 10.3 Å². The van der Waals surface area contributed by atoms with E-state index in [0.717, 1.165) is 4.09 Å². The summed E-state index contributed by atoms with van der Waals surface area (Å²) >= 11 is 0. The van der Waals surface area contributed by atoms with Gasteiger partial charge in [0.05, 0.1) is 12.4 Å². The highest BCUT2D eigenvalue weighted by molar-refractivity contribution is 7.70. The smallest absolute Gasteiger partial charge is 0.208 e. The molecule has 0 bridgehead atoms. The van der Waals surface area contributed by atoms with Gasteiger partial charge in [-0.2, -0.15) is 0 Å². The van der Waals surface area contributed by atoms with Gasteiger partial charge in [-0.1, -0.05) is 5.21 Å². The first kappa shape index (κ1) is 5.23. The molecule has 6 heteroatoms. The fourth-order valence-corrected chi connectivity index (χ4v) is 0.569. The fourth-order valence-electron chi connectivity index (χ4n) is 0.289. The van der Waals surface area contributed by atoms with Gasteiger partial charge in [0.25, 0.3) is 0 Å². The van der Waals surface area contributed by atoms with E-state index in [-0.39, 0.29) is 0 Å². The summed E-state index contributed by atoms with van der Waals surface area (Å²) in [5.41, 5.74) is 0. The van der Waals surface area contributed by atoms with Crippen molar-refractivity contribution in [3.63, 3.8) is 0 Å². The van der Waals surface area contributed by atoms with E-state index in [1.54, 1.807) is 0 Å². The Bertz CT molecular complexity index is 217. The lowest BCUT2D eigenvalue weighted by Gasteiger charge is -1.76. The van der Waals surface area contributed by atoms with Crippen LogP contribution in [0.2, 0.25) is 0 Å². The molecule has 0 spiro atoms. The van der Waals surface area contributed by atoms with E-state index >= 15 is 0 Å². The third-order valence-corrected chi connectivity index (χ3v) is 1.13. The molecule has 0 saturated heterocycles. The molecule has 0 radical (unpaired) electrons. The van der Waals surface area contributed by atoms with Crippen LogP contribution in [-0.2, 0) is 10.9 Å². The Labute approximate surface area is 47.0 Å². The summed E-state index contributed by atoms with van der Waals surface area (Å²) < 4.78 is 20.7. The first-order chi connectivity index (χ1) is 3.80. The SMILES string of the molecule is O=[SH](=O)n1ccnn1. The maximum Gasteiger partial charge on any atom is 0.245 e. The Kier molecular flexibility index (Phi) is 1.25. The zero-order valence-corrected chi connectivity index (χ0v) is 4.65. The molecule has 1 aromatic rings. The van der Waals surface area contributed by atoms with Crippen molar-refractivity contribution in [1.29, 1.82) is 0 Å². The van der Waals surface area contributed by atoms with Crippen molar-refractivity contribution in [2.45, 2.75) is 0 Å². The molecule has 1 aromatic heterocycles. The van der Waals surface area contributed by atoms with Crippen LogP contribution in [0.4, 0.5) is 0 Å². The lowest BCUT2D eigenvalue weighted by molar-refractivity contribution is 0.598. The predicted molar refractivity (Wildman–Crippen MR) is 25.7 cm³/mol. The summed E-state index contributed by atoms with van der Waals surface area (Å²) in [6.45, 7) is 0. The Morgan fingerprint density at radius 3 is 2.50 bits per heavy atom. The fraction of sp³-hybridized carbons (Fsp3) is 0. The van der Waals surface area contributed by atoms with Gasteiger partial charge in [0.1, 0.15) is 0 Å². The van der Waals surface area contributed by atoms with E-state index in [4.69, 9.17) is 0 Å². The van der Waals surface area contributed by atoms with E-state index in [0.29, 0.717) is 0 Å². The molecule has 0 aliphatic carbocycles. The third-order valence-electron chi connectivity index (χ3n) is 0.577. The molecule has 0 aromatic carbocycles. The van der Waals surface area contributed by atoms with Crippen LogP contribution in [0.25, 0.3) is 0 Å². The molecule has 0 fully saturated rings. The molecule has 8 heavy (non-hydrogen) atoms. The van der Waals surface area contributed by atoms with Crippen LogP contribution in [0.15, 0.2) is 12.4 Å². The number of rotatable bonds is 1. The van der Waals surface area contributed by atoms with Crippen molar-refractivity contribution in [3.05, 3.63) is 12.4 Å². The van der Waals surface area contributed by atoms with Crippen LogP contribution in [-0.4, -0.2) is 22.8 Å². The molecule has 0 amide bonds. The van der Waals surface area contributed by atoms with Crippen molar-refractivity contribution in [2.24, 2.45) is 0 Å². The zero-order chi connectivity index (χ0) is 5.98. The van der Waals surface area contributed by atoms with Crippen molar-refractivity contribution in [3.8, 4) is 0 Å². The summed E-state index contributed by atoms with van der Waals surface area (Å²) in [5, 5.41) is 6.46. The van der Waals surface area contributed by atoms with Crippen molar-refractivity contribution < 1.29 is 8.42 Å². The number of aromatic nitrogens is 3. The monoisotopic (exact) mass is 133 g/mol. The second-order valence-electron chi connectivity index (χ2n) is 1.06. The normalized spacial score (nSPS) is 10.1. The zero-order valence-electron chi connectivity index (χ0n) is 3.76. The number of thiol groups is 1. The van der Waals surface area contributed by atoms with E-state index in [1.165, 1.54) is 12.4 Å². The van der Waals surface area contributed by atoms with Crippen molar-refractivity contribution >= 4 is 10.9 Å². The first-order valence-corrected chi connectivity index (χ1v) is 2.95. The van der Waals surface area contributed by atoms with Gasteiger partial charge >= 0.3 is 0 Å². The molecule has 44 valence electrons. The highest BCUT2D eigenvalue weighted by Gasteiger charge is 1.85. The topological polar surface area (TPSA) is 64.8 Å². The quantitative estimate of drug-likeness (QED) is 0.481. The van der Waals surface area contributed by atoms with Gasteiger partial charge in [-0.25, -0.2) is 8.42 Å². The number of nitrogens with zero attached hydrogens (tertiary/aromatic N) is 3. The first-order valence-electron chi connectivity index (χ1n) is 1.81. The average Bonchev–Trinajstić information content (AvgIpc) is 2.12. The standard InChI is InChI=1S/C2H3N3O2S/c6-8(7)5-2-1-3-4-5/h1-2,8H. The van der Waals surface area contributed by atoms with Gasteiger partial charge in [-0.15, -0.1) is 9.19 Å². The van der Waals surface area contributed by atoms with Crippen LogP contribution >= 0.6 is 0 Å². The molecular weight excluding hydrogens is 130 g/mol. The molecular formula is C2H3N3O2S. The average molecular weight is 133 g/mol. The summed E-state index contributed by atoms with van der Waals surface area (Å²) in [6.07, 6.45) is 2.55. The minimum atomic E-state index is -2.62. The maximum absolute atomic E-state index is 9.96. The van der Waals surface area contributed by atoms with Gasteiger partial charge in [0.15, 0.2) is 0 Å². The Hall–Kier alpha value is -0.910. The largest absolute Gasteiger partial charge is 0.245 e. The highest BCUT2D eigenvalue weighted by Crippen LogP contribution is 1.73. The van der Waals surface area contributed by atoms with Crippen molar-refractivity contribution in [2.75, 3.05) is 0 Å². The molecule has 0 atom stereocenters. The molecule has 0 N–H and O–H groups in total. The van der Waals surface area contributed by atoms with Gasteiger partial charge in [0.2, 0.25) is 10.9 Å². The van der Waals surface area contributed by atoms with Gasteiger partial charge in [0, 0.05) is 0 Å². The van der Waals surface area contributed by atoms with Crippen LogP contribution in [0, 0.1) is 0 Å². The minimum absolute atomic E-state index is 0.759. The Balaban J connectivity index is 3.11. The lowest BCUT2D eigenvalue weighted by atomic mass is 11.0. The third kappa shape index (κ3) is 0.836. The highest BCUT2D eigenvalue weighted by atomic mass is 32.2.